The average Bonchev–Trinajstić information content (AvgIpc) is 2.54. The van der Waals surface area contributed by atoms with E-state index in [0.29, 0.717) is 11.7 Å². The minimum Gasteiger partial charge on any atom is -0.314 e. The molecule has 25 heavy (non-hydrogen) atoms. The Bertz CT molecular complexity index is 759. The molecule has 0 radical (unpaired) electrons. The zero-order chi connectivity index (χ0) is 18.3. The average molecular weight is 364 g/mol. The Balaban J connectivity index is 1.69. The van der Waals surface area contributed by atoms with Crippen LogP contribution in [0.5, 0.6) is 0 Å². The molecule has 0 aromatic heterocycles. The van der Waals surface area contributed by atoms with E-state index in [0.717, 1.165) is 37.6 Å². The summed E-state index contributed by atoms with van der Waals surface area (Å²) in [4.78, 5) is 0. The first kappa shape index (κ1) is 19.4. The Labute approximate surface area is 149 Å². The molecule has 0 aliphatic heterocycles. The lowest BCUT2D eigenvalue weighted by Crippen LogP contribution is -2.29. The summed E-state index contributed by atoms with van der Waals surface area (Å²) in [5.74, 6) is -0.206. The van der Waals surface area contributed by atoms with Gasteiger partial charge in [0.1, 0.15) is 5.82 Å². The van der Waals surface area contributed by atoms with Crippen LogP contribution in [0.15, 0.2) is 48.5 Å². The quantitative estimate of drug-likeness (QED) is 0.671. The molecule has 2 aromatic carbocycles. The summed E-state index contributed by atoms with van der Waals surface area (Å²) in [6.45, 7) is 3.01. The van der Waals surface area contributed by atoms with Crippen molar-refractivity contribution < 1.29 is 12.8 Å². The predicted molar refractivity (Wildman–Crippen MR) is 101 cm³/mol. The number of aryl methyl sites for hydroxylation is 1. The monoisotopic (exact) mass is 364 g/mol. The summed E-state index contributed by atoms with van der Waals surface area (Å²) < 4.78 is 37.7. The molecule has 1 unspecified atom stereocenters. The van der Waals surface area contributed by atoms with Gasteiger partial charge in [0.25, 0.3) is 0 Å². The van der Waals surface area contributed by atoms with E-state index >= 15 is 0 Å². The van der Waals surface area contributed by atoms with Gasteiger partial charge >= 0.3 is 0 Å². The van der Waals surface area contributed by atoms with Gasteiger partial charge in [-0.05, 0) is 68.1 Å². The maximum atomic E-state index is 12.9. The van der Waals surface area contributed by atoms with Crippen LogP contribution in [0.1, 0.15) is 24.5 Å². The van der Waals surface area contributed by atoms with E-state index in [2.05, 4.69) is 17.0 Å². The van der Waals surface area contributed by atoms with Gasteiger partial charge in [-0.3, -0.25) is 4.72 Å². The van der Waals surface area contributed by atoms with Crippen molar-refractivity contribution in [3.05, 3.63) is 65.5 Å². The highest BCUT2D eigenvalue weighted by Gasteiger charge is 2.04. The van der Waals surface area contributed by atoms with E-state index < -0.39 is 10.0 Å². The van der Waals surface area contributed by atoms with E-state index in [-0.39, 0.29) is 5.82 Å². The molecule has 0 saturated heterocycles. The molecule has 2 N–H and O–H groups in total. The first-order valence-corrected chi connectivity index (χ1v) is 10.3. The third kappa shape index (κ3) is 7.67. The number of halogens is 1. The lowest BCUT2D eigenvalue weighted by Gasteiger charge is -2.14. The second kappa shape index (κ2) is 8.97. The van der Waals surface area contributed by atoms with Gasteiger partial charge in [0, 0.05) is 11.7 Å². The highest BCUT2D eigenvalue weighted by molar-refractivity contribution is 7.92. The Kier molecular flexibility index (Phi) is 6.96. The third-order valence-electron chi connectivity index (χ3n) is 3.85. The number of hydrogen-bond donors (Lipinski definition) is 2. The van der Waals surface area contributed by atoms with E-state index in [1.54, 1.807) is 12.1 Å². The van der Waals surface area contributed by atoms with Gasteiger partial charge in [0.05, 0.1) is 6.26 Å². The molecule has 0 saturated carbocycles. The van der Waals surface area contributed by atoms with E-state index in [1.807, 2.05) is 24.3 Å². The van der Waals surface area contributed by atoms with Gasteiger partial charge in [0.15, 0.2) is 0 Å². The van der Waals surface area contributed by atoms with Crippen LogP contribution < -0.4 is 10.0 Å². The summed E-state index contributed by atoms with van der Waals surface area (Å²) in [5.41, 5.74) is 2.87. The lowest BCUT2D eigenvalue weighted by atomic mass is 10.1. The van der Waals surface area contributed by atoms with Gasteiger partial charge in [-0.15, -0.1) is 0 Å². The molecule has 2 rings (SSSR count). The molecule has 0 spiro atoms. The van der Waals surface area contributed by atoms with Crippen molar-refractivity contribution >= 4 is 15.7 Å². The molecular weight excluding hydrogens is 339 g/mol. The topological polar surface area (TPSA) is 58.2 Å². The van der Waals surface area contributed by atoms with Crippen molar-refractivity contribution in [1.29, 1.82) is 0 Å². The lowest BCUT2D eigenvalue weighted by molar-refractivity contribution is 0.533. The van der Waals surface area contributed by atoms with Crippen molar-refractivity contribution in [2.75, 3.05) is 17.5 Å². The fourth-order valence-electron chi connectivity index (χ4n) is 2.64. The highest BCUT2D eigenvalue weighted by Crippen LogP contribution is 2.12. The number of anilines is 1. The van der Waals surface area contributed by atoms with Gasteiger partial charge in [-0.1, -0.05) is 24.3 Å². The number of nitrogens with one attached hydrogen (secondary N) is 2. The maximum Gasteiger partial charge on any atom is 0.229 e. The van der Waals surface area contributed by atoms with Crippen LogP contribution in [0.2, 0.25) is 0 Å². The molecular formula is C19H25FN2O2S. The van der Waals surface area contributed by atoms with Crippen molar-refractivity contribution in [1.82, 2.24) is 5.32 Å². The summed E-state index contributed by atoms with van der Waals surface area (Å²) in [6, 6.07) is 14.4. The number of hydrogen-bond acceptors (Lipinski definition) is 3. The van der Waals surface area contributed by atoms with Crippen LogP contribution in [0.3, 0.4) is 0 Å². The molecule has 0 amide bonds. The van der Waals surface area contributed by atoms with Crippen molar-refractivity contribution in [3.8, 4) is 0 Å². The Morgan fingerprint density at radius 3 is 2.20 bits per heavy atom. The highest BCUT2D eigenvalue weighted by atomic mass is 32.2. The summed E-state index contributed by atoms with van der Waals surface area (Å²) in [6.07, 6.45) is 3.92. The van der Waals surface area contributed by atoms with Crippen LogP contribution in [0.25, 0.3) is 0 Å². The summed E-state index contributed by atoms with van der Waals surface area (Å²) >= 11 is 0. The second-order valence-electron chi connectivity index (χ2n) is 6.36. The summed E-state index contributed by atoms with van der Waals surface area (Å²) in [5, 5.41) is 3.47. The molecule has 0 aliphatic rings. The van der Waals surface area contributed by atoms with Gasteiger partial charge in [-0.2, -0.15) is 0 Å². The number of benzene rings is 2. The Morgan fingerprint density at radius 2 is 1.60 bits per heavy atom. The standard InChI is InChI=1S/C19H25FN2O2S/c1-15(14-17-5-9-18(20)10-6-17)21-13-3-4-16-7-11-19(12-8-16)22-25(2,23)24/h5-12,15,21-22H,3-4,13-14H2,1-2H3. The zero-order valence-electron chi connectivity index (χ0n) is 14.6. The zero-order valence-corrected chi connectivity index (χ0v) is 15.4. The molecule has 1 atom stereocenters. The normalized spacial score (nSPS) is 12.8. The molecule has 2 aromatic rings. The third-order valence-corrected chi connectivity index (χ3v) is 4.45. The van der Waals surface area contributed by atoms with Crippen LogP contribution in [0, 0.1) is 5.82 Å². The Morgan fingerprint density at radius 1 is 1.00 bits per heavy atom. The fourth-order valence-corrected chi connectivity index (χ4v) is 3.20. The van der Waals surface area contributed by atoms with Gasteiger partial charge in [-0.25, -0.2) is 12.8 Å². The van der Waals surface area contributed by atoms with Crippen LogP contribution in [-0.2, 0) is 22.9 Å². The van der Waals surface area contributed by atoms with Crippen molar-refractivity contribution in [2.45, 2.75) is 32.2 Å². The van der Waals surface area contributed by atoms with E-state index in [9.17, 15) is 12.8 Å². The molecule has 4 nitrogen and oxygen atoms in total. The maximum absolute atomic E-state index is 12.9. The largest absolute Gasteiger partial charge is 0.314 e. The first-order valence-electron chi connectivity index (χ1n) is 8.36. The van der Waals surface area contributed by atoms with E-state index in [4.69, 9.17) is 0 Å². The van der Waals surface area contributed by atoms with Crippen molar-refractivity contribution in [2.24, 2.45) is 0 Å². The fraction of sp³-hybridized carbons (Fsp3) is 0.368. The SMILES string of the molecule is CC(Cc1ccc(F)cc1)NCCCc1ccc(NS(C)(=O)=O)cc1. The van der Waals surface area contributed by atoms with Crippen LogP contribution in [-0.4, -0.2) is 27.3 Å². The van der Waals surface area contributed by atoms with Gasteiger partial charge < -0.3 is 5.32 Å². The molecule has 6 heteroatoms. The smallest absolute Gasteiger partial charge is 0.229 e. The molecule has 0 heterocycles. The molecule has 0 bridgehead atoms. The molecule has 0 aliphatic carbocycles. The predicted octanol–water partition coefficient (Wildman–Crippen LogP) is 3.35. The minimum atomic E-state index is -3.23. The first-order chi connectivity index (χ1) is 11.8. The van der Waals surface area contributed by atoms with Gasteiger partial charge in [0.2, 0.25) is 10.0 Å². The van der Waals surface area contributed by atoms with E-state index in [1.165, 1.54) is 17.7 Å². The minimum absolute atomic E-state index is 0.206. The Hall–Kier alpha value is -1.92. The van der Waals surface area contributed by atoms with Crippen LogP contribution in [0.4, 0.5) is 10.1 Å². The molecule has 0 fully saturated rings. The van der Waals surface area contributed by atoms with Crippen molar-refractivity contribution in [3.63, 3.8) is 0 Å². The number of sulfonamides is 1. The summed E-state index contributed by atoms with van der Waals surface area (Å²) in [7, 11) is -3.23. The van der Waals surface area contributed by atoms with Crippen LogP contribution >= 0.6 is 0 Å². The number of rotatable bonds is 9. The second-order valence-corrected chi connectivity index (χ2v) is 8.11. The molecule has 136 valence electrons.